The first kappa shape index (κ1) is 12.9. The van der Waals surface area contributed by atoms with E-state index in [2.05, 4.69) is 20.7 Å². The number of ketones is 1. The number of Topliss-reactive ketones (excluding diaryl/α,β-unsaturated/α-hetero) is 1. The largest absolute Gasteiger partial charge is 0.457 e. The lowest BCUT2D eigenvalue weighted by molar-refractivity contribution is -0.139. The summed E-state index contributed by atoms with van der Waals surface area (Å²) in [5, 5.41) is 0. The van der Waals surface area contributed by atoms with Crippen LogP contribution in [-0.2, 0) is 16.1 Å². The molecule has 16 heavy (non-hydrogen) atoms. The molecule has 0 bridgehead atoms. The van der Waals surface area contributed by atoms with Gasteiger partial charge in [0.2, 0.25) is 0 Å². The van der Waals surface area contributed by atoms with Crippen LogP contribution in [0.5, 0.6) is 0 Å². The molecule has 0 saturated heterocycles. The van der Waals surface area contributed by atoms with Crippen LogP contribution in [0.1, 0.15) is 22.8 Å². The highest BCUT2D eigenvalue weighted by molar-refractivity contribution is 9.10. The van der Waals surface area contributed by atoms with E-state index in [9.17, 15) is 9.59 Å². The summed E-state index contributed by atoms with van der Waals surface area (Å²) in [5.74, 6) is -0.703. The molecule has 0 saturated carbocycles. The zero-order valence-electron chi connectivity index (χ0n) is 8.83. The second-order valence-electron chi connectivity index (χ2n) is 3.21. The molecule has 0 atom stereocenters. The van der Waals surface area contributed by atoms with E-state index in [0.717, 1.165) is 10.0 Å². The molecule has 0 aliphatic carbocycles. The van der Waals surface area contributed by atoms with Crippen LogP contribution >= 0.6 is 15.9 Å². The average Bonchev–Trinajstić information content (AvgIpc) is 2.25. The van der Waals surface area contributed by atoms with Crippen molar-refractivity contribution in [1.29, 1.82) is 0 Å². The number of esters is 1. The summed E-state index contributed by atoms with van der Waals surface area (Å²) < 4.78 is 5.41. The van der Waals surface area contributed by atoms with Crippen molar-refractivity contribution in [3.05, 3.63) is 33.8 Å². The van der Waals surface area contributed by atoms with Crippen LogP contribution in [0.4, 0.5) is 0 Å². The summed E-state index contributed by atoms with van der Waals surface area (Å²) in [6.45, 7) is 1.43. The van der Waals surface area contributed by atoms with Crippen molar-refractivity contribution in [1.82, 2.24) is 0 Å². The minimum Gasteiger partial charge on any atom is -0.457 e. The summed E-state index contributed by atoms with van der Waals surface area (Å²) in [4.78, 5) is 22.1. The maximum Gasteiger partial charge on any atom is 0.303 e. The fourth-order valence-corrected chi connectivity index (χ4v) is 1.68. The highest BCUT2D eigenvalue weighted by atomic mass is 79.9. The Balaban J connectivity index is 2.77. The van der Waals surface area contributed by atoms with E-state index in [1.165, 1.54) is 6.92 Å². The molecule has 1 aromatic rings. The van der Waals surface area contributed by atoms with E-state index in [0.29, 0.717) is 12.1 Å². The summed E-state index contributed by atoms with van der Waals surface area (Å²) >= 11 is 3.32. The first-order valence-corrected chi connectivity index (χ1v) is 5.49. The van der Waals surface area contributed by atoms with E-state index in [1.54, 1.807) is 18.2 Å². The van der Waals surface area contributed by atoms with Crippen molar-refractivity contribution in [3.8, 4) is 0 Å². The molecule has 0 aliphatic rings. The molecule has 0 spiro atoms. The van der Waals surface area contributed by atoms with Crippen LogP contribution in [0.15, 0.2) is 22.7 Å². The third-order valence-electron chi connectivity index (χ3n) is 2.00. The van der Waals surface area contributed by atoms with Gasteiger partial charge in [0.05, 0.1) is 0 Å². The van der Waals surface area contributed by atoms with Crippen LogP contribution < -0.4 is 5.73 Å². The zero-order valence-corrected chi connectivity index (χ0v) is 10.4. The lowest BCUT2D eigenvalue weighted by atomic mass is 10.1. The van der Waals surface area contributed by atoms with Gasteiger partial charge in [-0.3, -0.25) is 9.59 Å². The number of rotatable bonds is 4. The number of nitrogens with two attached hydrogens (primary N) is 1. The van der Waals surface area contributed by atoms with Crippen LogP contribution in [-0.4, -0.2) is 18.4 Å². The Morgan fingerprint density at radius 1 is 1.44 bits per heavy atom. The predicted molar refractivity (Wildman–Crippen MR) is 63.0 cm³/mol. The standard InChI is InChI=1S/C11H12BrNO3/c1-7(14)16-6-11(15)8-2-3-9(5-13)10(12)4-8/h2-4H,5-6,13H2,1H3. The minimum atomic E-state index is -0.467. The fraction of sp³-hybridized carbons (Fsp3) is 0.273. The maximum absolute atomic E-state index is 11.6. The van der Waals surface area contributed by atoms with Crippen molar-refractivity contribution >= 4 is 27.7 Å². The van der Waals surface area contributed by atoms with E-state index in [4.69, 9.17) is 5.73 Å². The van der Waals surface area contributed by atoms with Gasteiger partial charge >= 0.3 is 5.97 Å². The molecule has 0 aromatic heterocycles. The third kappa shape index (κ3) is 3.43. The van der Waals surface area contributed by atoms with Gasteiger partial charge in [0, 0.05) is 23.5 Å². The number of ether oxygens (including phenoxy) is 1. The van der Waals surface area contributed by atoms with Gasteiger partial charge in [0.15, 0.2) is 12.4 Å². The molecule has 0 aliphatic heterocycles. The van der Waals surface area contributed by atoms with Gasteiger partial charge in [-0.15, -0.1) is 0 Å². The van der Waals surface area contributed by atoms with Crippen LogP contribution in [0, 0.1) is 0 Å². The fourth-order valence-electron chi connectivity index (χ4n) is 1.14. The van der Waals surface area contributed by atoms with Crippen molar-refractivity contribution in [2.24, 2.45) is 5.73 Å². The minimum absolute atomic E-state index is 0.232. The number of benzene rings is 1. The average molecular weight is 286 g/mol. The number of halogens is 1. The summed E-state index contributed by atoms with van der Waals surface area (Å²) in [6, 6.07) is 5.11. The first-order chi connectivity index (χ1) is 7.54. The lowest BCUT2D eigenvalue weighted by Gasteiger charge is -2.05. The number of hydrogen-bond acceptors (Lipinski definition) is 4. The highest BCUT2D eigenvalue weighted by Gasteiger charge is 2.09. The molecule has 0 unspecified atom stereocenters. The smallest absolute Gasteiger partial charge is 0.303 e. The normalized spacial score (nSPS) is 9.94. The summed E-state index contributed by atoms with van der Waals surface area (Å²) in [6.07, 6.45) is 0. The van der Waals surface area contributed by atoms with Crippen molar-refractivity contribution in [2.45, 2.75) is 13.5 Å². The molecule has 1 rings (SSSR count). The highest BCUT2D eigenvalue weighted by Crippen LogP contribution is 2.18. The van der Waals surface area contributed by atoms with Gasteiger partial charge in [0.25, 0.3) is 0 Å². The Hall–Kier alpha value is -1.20. The Bertz CT molecular complexity index is 418. The summed E-state index contributed by atoms with van der Waals surface area (Å²) in [7, 11) is 0. The van der Waals surface area contributed by atoms with Crippen LogP contribution in [0.25, 0.3) is 0 Å². The van der Waals surface area contributed by atoms with E-state index in [-0.39, 0.29) is 12.4 Å². The molecular formula is C11H12BrNO3. The van der Waals surface area contributed by atoms with Gasteiger partial charge in [-0.25, -0.2) is 0 Å². The van der Waals surface area contributed by atoms with Gasteiger partial charge in [0.1, 0.15) is 0 Å². The quantitative estimate of drug-likeness (QED) is 0.675. The molecule has 0 heterocycles. The topological polar surface area (TPSA) is 69.4 Å². The Kier molecular flexibility index (Phi) is 4.64. The predicted octanol–water partition coefficient (Wildman–Crippen LogP) is 1.65. The molecule has 0 amide bonds. The maximum atomic E-state index is 11.6. The SMILES string of the molecule is CC(=O)OCC(=O)c1ccc(CN)c(Br)c1. The monoisotopic (exact) mass is 285 g/mol. The van der Waals surface area contributed by atoms with Gasteiger partial charge in [-0.2, -0.15) is 0 Å². The lowest BCUT2D eigenvalue weighted by Crippen LogP contribution is -2.12. The van der Waals surface area contributed by atoms with Crippen molar-refractivity contribution in [2.75, 3.05) is 6.61 Å². The van der Waals surface area contributed by atoms with E-state index < -0.39 is 5.97 Å². The van der Waals surface area contributed by atoms with Gasteiger partial charge in [-0.05, 0) is 11.6 Å². The number of carbonyl (C=O) groups is 2. The Morgan fingerprint density at radius 3 is 2.62 bits per heavy atom. The number of hydrogen-bond donors (Lipinski definition) is 1. The van der Waals surface area contributed by atoms with Crippen LogP contribution in [0.3, 0.4) is 0 Å². The second kappa shape index (κ2) is 5.77. The first-order valence-electron chi connectivity index (χ1n) is 4.69. The number of carbonyl (C=O) groups excluding carboxylic acids is 2. The Labute approximate surface area is 102 Å². The van der Waals surface area contributed by atoms with E-state index >= 15 is 0 Å². The van der Waals surface area contributed by atoms with E-state index in [1.807, 2.05) is 0 Å². The summed E-state index contributed by atoms with van der Waals surface area (Å²) in [5.41, 5.74) is 6.90. The molecule has 1 aromatic carbocycles. The molecule has 4 nitrogen and oxygen atoms in total. The second-order valence-corrected chi connectivity index (χ2v) is 4.07. The van der Waals surface area contributed by atoms with Gasteiger partial charge < -0.3 is 10.5 Å². The third-order valence-corrected chi connectivity index (χ3v) is 2.74. The van der Waals surface area contributed by atoms with Crippen molar-refractivity contribution in [3.63, 3.8) is 0 Å². The van der Waals surface area contributed by atoms with Crippen molar-refractivity contribution < 1.29 is 14.3 Å². The molecule has 0 fully saturated rings. The molecule has 2 N–H and O–H groups in total. The molecule has 5 heteroatoms. The molecule has 0 radical (unpaired) electrons. The Morgan fingerprint density at radius 2 is 2.12 bits per heavy atom. The molecule has 86 valence electrons. The zero-order chi connectivity index (χ0) is 12.1. The molecular weight excluding hydrogens is 274 g/mol. The van der Waals surface area contributed by atoms with Crippen LogP contribution in [0.2, 0.25) is 0 Å². The van der Waals surface area contributed by atoms with Gasteiger partial charge in [-0.1, -0.05) is 28.1 Å².